The first kappa shape index (κ1) is 13.9. The molecule has 0 bridgehead atoms. The lowest BCUT2D eigenvalue weighted by Gasteiger charge is -2.24. The average Bonchev–Trinajstić information content (AvgIpc) is 3.22. The highest BCUT2D eigenvalue weighted by molar-refractivity contribution is 5.97. The van der Waals surface area contributed by atoms with Crippen molar-refractivity contribution in [3.8, 4) is 0 Å². The number of amides is 1. The van der Waals surface area contributed by atoms with Gasteiger partial charge in [0.2, 0.25) is 0 Å². The van der Waals surface area contributed by atoms with E-state index in [4.69, 9.17) is 0 Å². The van der Waals surface area contributed by atoms with Crippen molar-refractivity contribution in [3.63, 3.8) is 0 Å². The van der Waals surface area contributed by atoms with Crippen LogP contribution in [0.3, 0.4) is 0 Å². The van der Waals surface area contributed by atoms with E-state index in [0.717, 1.165) is 36.2 Å². The lowest BCUT2D eigenvalue weighted by molar-refractivity contribution is 0.0732. The van der Waals surface area contributed by atoms with E-state index in [9.17, 15) is 4.79 Å². The van der Waals surface area contributed by atoms with Gasteiger partial charge in [0.15, 0.2) is 5.65 Å². The van der Waals surface area contributed by atoms with Gasteiger partial charge in [0.25, 0.3) is 5.91 Å². The number of aromatic nitrogens is 4. The Morgan fingerprint density at radius 1 is 1.35 bits per heavy atom. The predicted octanol–water partition coefficient (Wildman–Crippen LogP) is 2.64. The number of rotatable bonds is 2. The molecule has 4 rings (SSSR count). The number of nitrogens with zero attached hydrogens (tertiary/aromatic N) is 4. The van der Waals surface area contributed by atoms with E-state index in [1.54, 1.807) is 12.4 Å². The Hall–Kier alpha value is -2.76. The summed E-state index contributed by atoms with van der Waals surface area (Å²) in [6.45, 7) is 2.66. The Balaban J connectivity index is 1.68. The van der Waals surface area contributed by atoms with E-state index in [1.807, 2.05) is 36.1 Å². The minimum atomic E-state index is 0.00755. The number of fused-ring (bicyclic) bond motifs is 1. The van der Waals surface area contributed by atoms with Crippen molar-refractivity contribution < 1.29 is 4.79 Å². The first-order valence-corrected chi connectivity index (χ1v) is 7.76. The second-order valence-electron chi connectivity index (χ2n) is 5.84. The fourth-order valence-electron chi connectivity index (χ4n) is 3.20. The van der Waals surface area contributed by atoms with Gasteiger partial charge in [0.05, 0.1) is 23.0 Å². The zero-order valence-electron chi connectivity index (χ0n) is 12.9. The third-order valence-electron chi connectivity index (χ3n) is 4.40. The first-order valence-electron chi connectivity index (χ1n) is 7.76. The zero-order valence-corrected chi connectivity index (χ0v) is 12.9. The molecule has 23 heavy (non-hydrogen) atoms. The van der Waals surface area contributed by atoms with Gasteiger partial charge in [-0.05, 0) is 38.0 Å². The second-order valence-corrected chi connectivity index (χ2v) is 5.84. The van der Waals surface area contributed by atoms with Crippen LogP contribution >= 0.6 is 0 Å². The Labute approximate surface area is 133 Å². The minimum Gasteiger partial charge on any atom is -0.330 e. The number of hydrogen-bond acceptors (Lipinski definition) is 4. The SMILES string of the molecule is Cc1n[nH]c2ncc(C(=O)N3CCCC3c3ccccn3)cc12. The second kappa shape index (κ2) is 5.46. The first-order chi connectivity index (χ1) is 11.2. The number of likely N-dealkylation sites (tertiary alicyclic amines) is 1. The van der Waals surface area contributed by atoms with Crippen LogP contribution in [0.15, 0.2) is 36.7 Å². The summed E-state index contributed by atoms with van der Waals surface area (Å²) in [7, 11) is 0. The normalized spacial score (nSPS) is 17.8. The van der Waals surface area contributed by atoms with Crippen molar-refractivity contribution >= 4 is 16.9 Å². The lowest BCUT2D eigenvalue weighted by atomic mass is 10.1. The van der Waals surface area contributed by atoms with Crippen molar-refractivity contribution in [1.82, 2.24) is 25.1 Å². The molecule has 1 amide bonds. The zero-order chi connectivity index (χ0) is 15.8. The number of hydrogen-bond donors (Lipinski definition) is 1. The smallest absolute Gasteiger partial charge is 0.256 e. The van der Waals surface area contributed by atoms with Gasteiger partial charge in [-0.15, -0.1) is 0 Å². The Kier molecular flexibility index (Phi) is 3.29. The number of carbonyl (C=O) groups excluding carboxylic acids is 1. The topological polar surface area (TPSA) is 74.8 Å². The maximum atomic E-state index is 12.9. The van der Waals surface area contributed by atoms with Crippen molar-refractivity contribution in [2.75, 3.05) is 6.54 Å². The summed E-state index contributed by atoms with van der Waals surface area (Å²) in [5.41, 5.74) is 3.11. The molecule has 1 fully saturated rings. The molecule has 0 aliphatic carbocycles. The predicted molar refractivity (Wildman–Crippen MR) is 85.9 cm³/mol. The number of carbonyl (C=O) groups is 1. The molecule has 0 radical (unpaired) electrons. The van der Waals surface area contributed by atoms with Crippen molar-refractivity contribution in [1.29, 1.82) is 0 Å². The monoisotopic (exact) mass is 307 g/mol. The molecule has 3 aromatic rings. The molecule has 4 heterocycles. The summed E-state index contributed by atoms with van der Waals surface area (Å²) in [4.78, 5) is 23.6. The fraction of sp³-hybridized carbons (Fsp3) is 0.294. The summed E-state index contributed by atoms with van der Waals surface area (Å²) in [5.74, 6) is 0.00755. The van der Waals surface area contributed by atoms with Gasteiger partial charge in [-0.25, -0.2) is 4.98 Å². The fourth-order valence-corrected chi connectivity index (χ4v) is 3.20. The molecule has 1 saturated heterocycles. The van der Waals surface area contributed by atoms with Gasteiger partial charge in [-0.2, -0.15) is 5.10 Å². The van der Waals surface area contributed by atoms with E-state index in [2.05, 4.69) is 20.2 Å². The Bertz CT molecular complexity index is 858. The van der Waals surface area contributed by atoms with Gasteiger partial charge >= 0.3 is 0 Å². The number of nitrogens with one attached hydrogen (secondary N) is 1. The molecular weight excluding hydrogens is 290 g/mol. The minimum absolute atomic E-state index is 0.00755. The summed E-state index contributed by atoms with van der Waals surface area (Å²) in [6.07, 6.45) is 5.34. The molecule has 1 aliphatic rings. The Morgan fingerprint density at radius 2 is 2.26 bits per heavy atom. The van der Waals surface area contributed by atoms with E-state index < -0.39 is 0 Å². The van der Waals surface area contributed by atoms with E-state index in [1.165, 1.54) is 0 Å². The highest BCUT2D eigenvalue weighted by atomic mass is 16.2. The molecule has 3 aromatic heterocycles. The number of aryl methyl sites for hydroxylation is 1. The molecular formula is C17H17N5O. The summed E-state index contributed by atoms with van der Waals surface area (Å²) in [5, 5.41) is 7.89. The standard InChI is InChI=1S/C17H17N5O/c1-11-13-9-12(10-19-16(13)21-20-11)17(23)22-8-4-6-15(22)14-5-2-3-7-18-14/h2-3,5,7,9-10,15H,4,6,8H2,1H3,(H,19,20,21). The van der Waals surface area contributed by atoms with Crippen LogP contribution in [0.2, 0.25) is 0 Å². The third kappa shape index (κ3) is 2.36. The van der Waals surface area contributed by atoms with Crippen LogP contribution in [-0.4, -0.2) is 37.5 Å². The Morgan fingerprint density at radius 3 is 3.09 bits per heavy atom. The van der Waals surface area contributed by atoms with Gasteiger partial charge in [0, 0.05) is 24.3 Å². The maximum absolute atomic E-state index is 12.9. The van der Waals surface area contributed by atoms with Gasteiger partial charge in [-0.3, -0.25) is 14.9 Å². The van der Waals surface area contributed by atoms with E-state index >= 15 is 0 Å². The van der Waals surface area contributed by atoms with Crippen molar-refractivity contribution in [2.45, 2.75) is 25.8 Å². The van der Waals surface area contributed by atoms with Gasteiger partial charge < -0.3 is 4.90 Å². The average molecular weight is 307 g/mol. The summed E-state index contributed by atoms with van der Waals surface area (Å²) in [6, 6.07) is 7.76. The molecule has 116 valence electrons. The number of pyridine rings is 2. The molecule has 1 unspecified atom stereocenters. The van der Waals surface area contributed by atoms with E-state index in [0.29, 0.717) is 11.2 Å². The quantitative estimate of drug-likeness (QED) is 0.789. The molecule has 1 aliphatic heterocycles. The van der Waals surface area contributed by atoms with Crippen LogP contribution in [-0.2, 0) is 0 Å². The van der Waals surface area contributed by atoms with Crippen LogP contribution in [0.4, 0.5) is 0 Å². The van der Waals surface area contributed by atoms with Gasteiger partial charge in [0.1, 0.15) is 0 Å². The molecule has 0 saturated carbocycles. The van der Waals surface area contributed by atoms with Crippen molar-refractivity contribution in [2.24, 2.45) is 0 Å². The lowest BCUT2D eigenvalue weighted by Crippen LogP contribution is -2.31. The number of H-pyrrole nitrogens is 1. The third-order valence-corrected chi connectivity index (χ3v) is 4.40. The van der Waals surface area contributed by atoms with Gasteiger partial charge in [-0.1, -0.05) is 6.07 Å². The van der Waals surface area contributed by atoms with Crippen LogP contribution < -0.4 is 0 Å². The molecule has 0 aromatic carbocycles. The summed E-state index contributed by atoms with van der Waals surface area (Å²) >= 11 is 0. The maximum Gasteiger partial charge on any atom is 0.256 e. The highest BCUT2D eigenvalue weighted by Gasteiger charge is 2.31. The van der Waals surface area contributed by atoms with Crippen LogP contribution in [0.1, 0.15) is 40.6 Å². The molecule has 6 nitrogen and oxygen atoms in total. The molecule has 6 heteroatoms. The van der Waals surface area contributed by atoms with Crippen LogP contribution in [0, 0.1) is 6.92 Å². The van der Waals surface area contributed by atoms with Crippen LogP contribution in [0.25, 0.3) is 11.0 Å². The van der Waals surface area contributed by atoms with E-state index in [-0.39, 0.29) is 11.9 Å². The molecule has 1 N–H and O–H groups in total. The molecule has 0 spiro atoms. The largest absolute Gasteiger partial charge is 0.330 e. The summed E-state index contributed by atoms with van der Waals surface area (Å²) < 4.78 is 0. The van der Waals surface area contributed by atoms with Crippen LogP contribution in [0.5, 0.6) is 0 Å². The number of aromatic amines is 1. The highest BCUT2D eigenvalue weighted by Crippen LogP contribution is 2.32. The van der Waals surface area contributed by atoms with Crippen molar-refractivity contribution in [3.05, 3.63) is 53.6 Å². The molecule has 1 atom stereocenters.